The van der Waals surface area contributed by atoms with Crippen LogP contribution in [-0.4, -0.2) is 85.6 Å². The summed E-state index contributed by atoms with van der Waals surface area (Å²) in [6.07, 6.45) is 2.98. The molecule has 9 nitrogen and oxygen atoms in total. The molecule has 0 unspecified atom stereocenters. The second kappa shape index (κ2) is 10.4. The van der Waals surface area contributed by atoms with Gasteiger partial charge in [0.1, 0.15) is 5.70 Å². The Morgan fingerprint density at radius 3 is 2.31 bits per heavy atom. The third-order valence-corrected chi connectivity index (χ3v) is 8.16. The maximum atomic E-state index is 13.6. The zero-order valence-corrected chi connectivity index (χ0v) is 21.9. The van der Waals surface area contributed by atoms with Crippen LogP contribution in [0.2, 0.25) is 5.02 Å². The van der Waals surface area contributed by atoms with Crippen LogP contribution in [0.3, 0.4) is 0 Å². The monoisotopic (exact) mass is 529 g/mol. The van der Waals surface area contributed by atoms with Crippen LogP contribution in [0.25, 0.3) is 17.0 Å². The Morgan fingerprint density at radius 1 is 1.00 bits per heavy atom. The highest BCUT2D eigenvalue weighted by atomic mass is 35.5. The van der Waals surface area contributed by atoms with E-state index in [0.29, 0.717) is 42.6 Å². The van der Waals surface area contributed by atoms with Crippen molar-refractivity contribution in [3.63, 3.8) is 0 Å². The summed E-state index contributed by atoms with van der Waals surface area (Å²) in [7, 11) is 1.06. The zero-order valence-electron chi connectivity index (χ0n) is 20.3. The number of nitrogens with zero attached hydrogens (tertiary/aromatic N) is 4. The molecule has 0 radical (unpaired) electrons. The van der Waals surface area contributed by atoms with Crippen LogP contribution in [-0.2, 0) is 15.0 Å². The number of carbonyl (C=O) groups is 2. The molecule has 1 saturated heterocycles. The smallest absolute Gasteiger partial charge is 0.307 e. The fourth-order valence-electron chi connectivity index (χ4n) is 3.98. The fourth-order valence-corrected chi connectivity index (χ4v) is 5.21. The van der Waals surface area contributed by atoms with Gasteiger partial charge in [-0.15, -0.1) is 0 Å². The van der Waals surface area contributed by atoms with Crippen molar-refractivity contribution in [1.82, 2.24) is 23.4 Å². The van der Waals surface area contributed by atoms with Crippen molar-refractivity contribution in [3.05, 3.63) is 76.6 Å². The summed E-state index contributed by atoms with van der Waals surface area (Å²) in [6.45, 7) is 2.42. The van der Waals surface area contributed by atoms with E-state index in [4.69, 9.17) is 11.6 Å². The number of hydrogen-bond acceptors (Lipinski definition) is 5. The lowest BCUT2D eigenvalue weighted by Crippen LogP contribution is -2.49. The molecule has 36 heavy (non-hydrogen) atoms. The maximum absolute atomic E-state index is 13.6. The Balaban J connectivity index is 1.81. The van der Waals surface area contributed by atoms with E-state index in [1.807, 2.05) is 7.05 Å². The van der Waals surface area contributed by atoms with Crippen molar-refractivity contribution in [2.24, 2.45) is 0 Å². The first kappa shape index (κ1) is 25.9. The van der Waals surface area contributed by atoms with Gasteiger partial charge in [-0.2, -0.15) is 12.7 Å². The predicted octanol–water partition coefficient (Wildman–Crippen LogP) is 2.49. The number of aromatic nitrogens is 1. The molecule has 0 atom stereocenters. The van der Waals surface area contributed by atoms with E-state index < -0.39 is 16.1 Å². The summed E-state index contributed by atoms with van der Waals surface area (Å²) < 4.78 is 28.2. The number of para-hydroxylation sites is 1. The average Bonchev–Trinajstić information content (AvgIpc) is 3.23. The van der Waals surface area contributed by atoms with Crippen LogP contribution in [0.15, 0.2) is 60.4 Å². The highest BCUT2D eigenvalue weighted by molar-refractivity contribution is 7.87. The van der Waals surface area contributed by atoms with Crippen molar-refractivity contribution in [2.45, 2.75) is 0 Å². The summed E-state index contributed by atoms with van der Waals surface area (Å²) in [6, 6.07) is 13.6. The van der Waals surface area contributed by atoms with Gasteiger partial charge in [0.05, 0.1) is 16.1 Å². The number of rotatable bonds is 6. The lowest BCUT2D eigenvalue weighted by atomic mass is 10.1. The summed E-state index contributed by atoms with van der Waals surface area (Å²) >= 11 is 6.21. The van der Waals surface area contributed by atoms with E-state index in [9.17, 15) is 18.0 Å². The normalized spacial score (nSPS) is 15.5. The number of carbonyl (C=O) groups excluding carboxylic acids is 2. The van der Waals surface area contributed by atoms with Crippen molar-refractivity contribution in [1.29, 1.82) is 0 Å². The molecule has 2 aromatic carbocycles. The van der Waals surface area contributed by atoms with Gasteiger partial charge in [0, 0.05) is 57.4 Å². The van der Waals surface area contributed by atoms with E-state index in [2.05, 4.69) is 10.2 Å². The third kappa shape index (κ3) is 5.17. The van der Waals surface area contributed by atoms with E-state index in [1.165, 1.54) is 30.3 Å². The standard InChI is InChI=1S/C25H28ClN5O4S/c1-28(2)36(34,35)31-17-18(19-8-5-7-11-23(19)31)16-22(25(33)30-14-12-29(3)13-15-30)27-24(32)20-9-4-6-10-21(20)26/h4-11,16-17H,12-15H2,1-3H3,(H,27,32)/b22-16-. The first-order valence-corrected chi connectivity index (χ1v) is 13.2. The van der Waals surface area contributed by atoms with Crippen LogP contribution in [0, 0.1) is 0 Å². The van der Waals surface area contributed by atoms with Crippen LogP contribution in [0.1, 0.15) is 15.9 Å². The lowest BCUT2D eigenvalue weighted by molar-refractivity contribution is -0.128. The maximum Gasteiger partial charge on any atom is 0.307 e. The average molecular weight is 530 g/mol. The number of likely N-dealkylation sites (N-methyl/N-ethyl adjacent to an activating group) is 1. The Hall–Kier alpha value is -3.18. The number of amides is 2. The summed E-state index contributed by atoms with van der Waals surface area (Å²) in [5.41, 5.74) is 1.21. The van der Waals surface area contributed by atoms with E-state index in [1.54, 1.807) is 53.4 Å². The topological polar surface area (TPSA) is 95.0 Å². The molecule has 1 aliphatic heterocycles. The first-order valence-electron chi connectivity index (χ1n) is 11.4. The number of hydrogen-bond donors (Lipinski definition) is 1. The molecule has 4 rings (SSSR count). The van der Waals surface area contributed by atoms with Crippen molar-refractivity contribution < 1.29 is 18.0 Å². The molecule has 0 aliphatic carbocycles. The lowest BCUT2D eigenvalue weighted by Gasteiger charge is -2.33. The van der Waals surface area contributed by atoms with Gasteiger partial charge in [-0.1, -0.05) is 41.9 Å². The highest BCUT2D eigenvalue weighted by Gasteiger charge is 2.26. The van der Waals surface area contributed by atoms with E-state index >= 15 is 0 Å². The van der Waals surface area contributed by atoms with Crippen LogP contribution in [0.5, 0.6) is 0 Å². The van der Waals surface area contributed by atoms with Crippen molar-refractivity contribution >= 4 is 50.6 Å². The highest BCUT2D eigenvalue weighted by Crippen LogP contribution is 2.26. The first-order chi connectivity index (χ1) is 17.1. The minimum absolute atomic E-state index is 0.0367. The Morgan fingerprint density at radius 2 is 1.64 bits per heavy atom. The molecule has 2 amide bonds. The van der Waals surface area contributed by atoms with Gasteiger partial charge in [-0.25, -0.2) is 3.97 Å². The number of piperazine rings is 1. The molecule has 1 fully saturated rings. The van der Waals surface area contributed by atoms with Crippen molar-refractivity contribution in [2.75, 3.05) is 47.3 Å². The van der Waals surface area contributed by atoms with Crippen molar-refractivity contribution in [3.8, 4) is 0 Å². The van der Waals surface area contributed by atoms with Gasteiger partial charge in [0.2, 0.25) is 0 Å². The Bertz CT molecular complexity index is 1440. The SMILES string of the molecule is CN1CCN(C(=O)/C(=C/c2cn(S(=O)(=O)N(C)C)c3ccccc23)NC(=O)c2ccccc2Cl)CC1. The molecule has 190 valence electrons. The molecule has 1 aliphatic rings. The van der Waals surface area contributed by atoms with Gasteiger partial charge in [-0.3, -0.25) is 9.59 Å². The van der Waals surface area contributed by atoms with E-state index in [0.717, 1.165) is 4.31 Å². The molecule has 1 aromatic heterocycles. The predicted molar refractivity (Wildman–Crippen MR) is 141 cm³/mol. The summed E-state index contributed by atoms with van der Waals surface area (Å²) in [4.78, 5) is 30.5. The van der Waals surface area contributed by atoms with Gasteiger partial charge >= 0.3 is 10.2 Å². The largest absolute Gasteiger partial charge is 0.335 e. The molecule has 3 aromatic rings. The summed E-state index contributed by atoms with van der Waals surface area (Å²) in [5.74, 6) is -0.880. The third-order valence-electron chi connectivity index (χ3n) is 6.11. The molecule has 0 bridgehead atoms. The second-order valence-corrected chi connectivity index (χ2v) is 11.2. The number of nitrogens with one attached hydrogen (secondary N) is 1. The minimum atomic E-state index is -3.82. The molecular weight excluding hydrogens is 502 g/mol. The summed E-state index contributed by atoms with van der Waals surface area (Å²) in [5, 5.41) is 3.61. The number of benzene rings is 2. The minimum Gasteiger partial charge on any atom is -0.335 e. The van der Waals surface area contributed by atoms with Gasteiger partial charge in [0.25, 0.3) is 11.8 Å². The van der Waals surface area contributed by atoms with Crippen LogP contribution < -0.4 is 5.32 Å². The van der Waals surface area contributed by atoms with Crippen LogP contribution >= 0.6 is 11.6 Å². The van der Waals surface area contributed by atoms with Gasteiger partial charge < -0.3 is 15.1 Å². The molecule has 1 N–H and O–H groups in total. The number of fused-ring (bicyclic) bond motifs is 1. The van der Waals surface area contributed by atoms with Crippen LogP contribution in [0.4, 0.5) is 0 Å². The molecular formula is C25H28ClN5O4S. The Kier molecular flexibility index (Phi) is 7.51. The zero-order chi connectivity index (χ0) is 26.0. The Labute approximate surface area is 215 Å². The van der Waals surface area contributed by atoms with Gasteiger partial charge in [-0.05, 0) is 31.3 Å². The fraction of sp³-hybridized carbons (Fsp3) is 0.280. The molecule has 0 saturated carbocycles. The van der Waals surface area contributed by atoms with E-state index in [-0.39, 0.29) is 22.2 Å². The quantitative estimate of drug-likeness (QED) is 0.495. The molecule has 0 spiro atoms. The molecule has 11 heteroatoms. The number of halogens is 1. The van der Waals surface area contributed by atoms with Gasteiger partial charge in [0.15, 0.2) is 0 Å². The molecule has 2 heterocycles. The second-order valence-electron chi connectivity index (χ2n) is 8.78.